The summed E-state index contributed by atoms with van der Waals surface area (Å²) in [5.74, 6) is -0.835. The van der Waals surface area contributed by atoms with Gasteiger partial charge in [0.15, 0.2) is 0 Å². The van der Waals surface area contributed by atoms with E-state index in [-0.39, 0.29) is 6.04 Å². The maximum absolute atomic E-state index is 11.9. The third-order valence-electron chi connectivity index (χ3n) is 3.63. The minimum atomic E-state index is -0.816. The second-order valence-electron chi connectivity index (χ2n) is 5.58. The van der Waals surface area contributed by atoms with Crippen molar-refractivity contribution in [3.05, 3.63) is 65.2 Å². The van der Waals surface area contributed by atoms with Crippen LogP contribution >= 0.6 is 0 Å². The lowest BCUT2D eigenvalue weighted by Crippen LogP contribution is -2.39. The van der Waals surface area contributed by atoms with Crippen molar-refractivity contribution in [2.45, 2.75) is 19.9 Å². The van der Waals surface area contributed by atoms with E-state index >= 15 is 0 Å². The van der Waals surface area contributed by atoms with E-state index in [0.717, 1.165) is 22.4 Å². The first-order chi connectivity index (χ1) is 12.0. The smallest absolute Gasteiger partial charge is 0.329 e. The van der Waals surface area contributed by atoms with E-state index in [4.69, 9.17) is 4.74 Å². The van der Waals surface area contributed by atoms with Crippen LogP contribution in [0.1, 0.15) is 29.7 Å². The van der Waals surface area contributed by atoms with Gasteiger partial charge in [0.05, 0.1) is 19.4 Å². The standard InChI is InChI=1S/C19H21N3O3/c1-13-4-6-15(7-5-13)12-20-22-19(24)18(23)21-14(2)16-8-10-17(25-3)11-9-16/h4-12,14H,1-3H3,(H,21,23)(H,22,24)/b20-12+. The molecule has 0 saturated heterocycles. The van der Waals surface area contributed by atoms with E-state index in [0.29, 0.717) is 0 Å². The molecule has 1 unspecified atom stereocenters. The highest BCUT2D eigenvalue weighted by molar-refractivity contribution is 6.35. The predicted molar refractivity (Wildman–Crippen MR) is 96.5 cm³/mol. The third kappa shape index (κ3) is 5.46. The molecule has 0 aliphatic rings. The van der Waals surface area contributed by atoms with Gasteiger partial charge in [-0.3, -0.25) is 9.59 Å². The van der Waals surface area contributed by atoms with Crippen molar-refractivity contribution in [3.63, 3.8) is 0 Å². The molecule has 0 radical (unpaired) electrons. The number of rotatable bonds is 5. The van der Waals surface area contributed by atoms with Crippen LogP contribution in [0.2, 0.25) is 0 Å². The number of aryl methyl sites for hydroxylation is 1. The van der Waals surface area contributed by atoms with Crippen LogP contribution in [0.3, 0.4) is 0 Å². The van der Waals surface area contributed by atoms with Crippen molar-refractivity contribution >= 4 is 18.0 Å². The van der Waals surface area contributed by atoms with Crippen molar-refractivity contribution in [1.82, 2.24) is 10.7 Å². The fraction of sp³-hybridized carbons (Fsp3) is 0.211. The van der Waals surface area contributed by atoms with Gasteiger partial charge in [0.2, 0.25) is 0 Å². The fourth-order valence-corrected chi connectivity index (χ4v) is 2.11. The molecule has 0 spiro atoms. The van der Waals surface area contributed by atoms with Gasteiger partial charge < -0.3 is 10.1 Å². The zero-order valence-electron chi connectivity index (χ0n) is 14.4. The Hall–Kier alpha value is -3.15. The average Bonchev–Trinajstić information content (AvgIpc) is 2.63. The van der Waals surface area contributed by atoms with Gasteiger partial charge in [-0.25, -0.2) is 5.43 Å². The highest BCUT2D eigenvalue weighted by Crippen LogP contribution is 2.17. The molecule has 2 amide bonds. The number of carbonyl (C=O) groups is 2. The second-order valence-corrected chi connectivity index (χ2v) is 5.58. The van der Waals surface area contributed by atoms with Crippen LogP contribution in [0.25, 0.3) is 0 Å². The van der Waals surface area contributed by atoms with Crippen LogP contribution in [-0.4, -0.2) is 25.1 Å². The van der Waals surface area contributed by atoms with E-state index in [1.165, 1.54) is 6.21 Å². The van der Waals surface area contributed by atoms with Crippen LogP contribution in [-0.2, 0) is 9.59 Å². The summed E-state index contributed by atoms with van der Waals surface area (Å²) >= 11 is 0. The molecule has 25 heavy (non-hydrogen) atoms. The van der Waals surface area contributed by atoms with Gasteiger partial charge >= 0.3 is 11.8 Å². The number of hydrazone groups is 1. The van der Waals surface area contributed by atoms with Gasteiger partial charge in [0.1, 0.15) is 5.75 Å². The average molecular weight is 339 g/mol. The highest BCUT2D eigenvalue weighted by Gasteiger charge is 2.16. The number of nitrogens with zero attached hydrogens (tertiary/aromatic N) is 1. The molecule has 6 heteroatoms. The van der Waals surface area contributed by atoms with Gasteiger partial charge in [0.25, 0.3) is 0 Å². The summed E-state index contributed by atoms with van der Waals surface area (Å²) in [4.78, 5) is 23.7. The quantitative estimate of drug-likeness (QED) is 0.498. The molecule has 0 fully saturated rings. The Kier molecular flexibility index (Phi) is 6.28. The normalized spacial score (nSPS) is 11.8. The van der Waals surface area contributed by atoms with Crippen molar-refractivity contribution in [2.75, 3.05) is 7.11 Å². The second kappa shape index (κ2) is 8.63. The molecule has 2 aromatic carbocycles. The van der Waals surface area contributed by atoms with Crippen molar-refractivity contribution in [1.29, 1.82) is 0 Å². The fourth-order valence-electron chi connectivity index (χ4n) is 2.11. The molecule has 130 valence electrons. The summed E-state index contributed by atoms with van der Waals surface area (Å²) < 4.78 is 5.09. The Bertz CT molecular complexity index is 752. The number of carbonyl (C=O) groups excluding carboxylic acids is 2. The van der Waals surface area contributed by atoms with E-state index in [1.54, 1.807) is 26.2 Å². The molecule has 2 aromatic rings. The summed E-state index contributed by atoms with van der Waals surface area (Å²) in [7, 11) is 1.58. The molecule has 1 atom stereocenters. The molecule has 2 rings (SSSR count). The SMILES string of the molecule is COc1ccc(C(C)NC(=O)C(=O)N/N=C/c2ccc(C)cc2)cc1. The van der Waals surface area contributed by atoms with Gasteiger partial charge in [0, 0.05) is 0 Å². The minimum Gasteiger partial charge on any atom is -0.497 e. The number of amides is 2. The lowest BCUT2D eigenvalue weighted by atomic mass is 10.1. The summed E-state index contributed by atoms with van der Waals surface area (Å²) in [6.45, 7) is 3.78. The zero-order chi connectivity index (χ0) is 18.2. The first-order valence-corrected chi connectivity index (χ1v) is 7.84. The number of hydrogen-bond acceptors (Lipinski definition) is 4. The molecule has 2 N–H and O–H groups in total. The first kappa shape index (κ1) is 18.2. The Morgan fingerprint density at radius 2 is 1.68 bits per heavy atom. The largest absolute Gasteiger partial charge is 0.497 e. The van der Waals surface area contributed by atoms with Crippen LogP contribution in [0, 0.1) is 6.92 Å². The third-order valence-corrected chi connectivity index (χ3v) is 3.63. The molecule has 0 bridgehead atoms. The van der Waals surface area contributed by atoms with Crippen molar-refractivity contribution in [2.24, 2.45) is 5.10 Å². The molecular weight excluding hydrogens is 318 g/mol. The van der Waals surface area contributed by atoms with E-state index in [9.17, 15) is 9.59 Å². The topological polar surface area (TPSA) is 79.8 Å². The number of benzene rings is 2. The van der Waals surface area contributed by atoms with Crippen LogP contribution in [0.15, 0.2) is 53.6 Å². The maximum atomic E-state index is 11.9. The lowest BCUT2D eigenvalue weighted by Gasteiger charge is -2.13. The Balaban J connectivity index is 1.86. The number of nitrogens with one attached hydrogen (secondary N) is 2. The zero-order valence-corrected chi connectivity index (χ0v) is 14.4. The molecule has 0 heterocycles. The van der Waals surface area contributed by atoms with E-state index < -0.39 is 11.8 Å². The van der Waals surface area contributed by atoms with Gasteiger partial charge in [-0.1, -0.05) is 42.0 Å². The molecule has 0 saturated carbocycles. The lowest BCUT2D eigenvalue weighted by molar-refractivity contribution is -0.139. The monoisotopic (exact) mass is 339 g/mol. The van der Waals surface area contributed by atoms with Crippen molar-refractivity contribution < 1.29 is 14.3 Å². The Morgan fingerprint density at radius 1 is 1.04 bits per heavy atom. The van der Waals surface area contributed by atoms with Crippen molar-refractivity contribution in [3.8, 4) is 5.75 Å². The van der Waals surface area contributed by atoms with Gasteiger partial charge in [-0.2, -0.15) is 5.10 Å². The highest BCUT2D eigenvalue weighted by atomic mass is 16.5. The summed E-state index contributed by atoms with van der Waals surface area (Å²) in [5.41, 5.74) is 5.05. The number of methoxy groups -OCH3 is 1. The molecular formula is C19H21N3O3. The molecule has 0 aliphatic carbocycles. The number of hydrogen-bond donors (Lipinski definition) is 2. The Labute approximate surface area is 146 Å². The van der Waals surface area contributed by atoms with Gasteiger partial charge in [-0.05, 0) is 37.1 Å². The molecule has 0 aromatic heterocycles. The first-order valence-electron chi connectivity index (χ1n) is 7.84. The van der Waals surface area contributed by atoms with Crippen LogP contribution in [0.4, 0.5) is 0 Å². The summed E-state index contributed by atoms with van der Waals surface area (Å²) in [6, 6.07) is 14.6. The molecule has 6 nitrogen and oxygen atoms in total. The summed E-state index contributed by atoms with van der Waals surface area (Å²) in [5, 5.41) is 6.42. The van der Waals surface area contributed by atoms with Crippen LogP contribution < -0.4 is 15.5 Å². The predicted octanol–water partition coefficient (Wildman–Crippen LogP) is 2.33. The summed E-state index contributed by atoms with van der Waals surface area (Å²) in [6.07, 6.45) is 1.48. The van der Waals surface area contributed by atoms with E-state index in [2.05, 4.69) is 15.8 Å². The maximum Gasteiger partial charge on any atom is 0.329 e. The van der Waals surface area contributed by atoms with Crippen LogP contribution in [0.5, 0.6) is 5.75 Å². The minimum absolute atomic E-state index is 0.315. The molecule has 0 aliphatic heterocycles. The van der Waals surface area contributed by atoms with Gasteiger partial charge in [-0.15, -0.1) is 0 Å². The Morgan fingerprint density at radius 3 is 2.28 bits per heavy atom. The van der Waals surface area contributed by atoms with E-state index in [1.807, 2.05) is 43.3 Å². The number of ether oxygens (including phenoxy) is 1.